The number of pyridine rings is 1. The van der Waals surface area contributed by atoms with E-state index in [9.17, 15) is 31.1 Å². The summed E-state index contributed by atoms with van der Waals surface area (Å²) in [4.78, 5) is 16.5. The van der Waals surface area contributed by atoms with Gasteiger partial charge in [0, 0.05) is 31.7 Å². The number of alkyl halides is 6. The van der Waals surface area contributed by atoms with Gasteiger partial charge in [-0.2, -0.15) is 31.4 Å². The van der Waals surface area contributed by atoms with Crippen molar-refractivity contribution < 1.29 is 31.1 Å². The smallest absolute Gasteiger partial charge is 0.378 e. The fourth-order valence-corrected chi connectivity index (χ4v) is 2.75. The lowest BCUT2D eigenvalue weighted by atomic mass is 10.1. The van der Waals surface area contributed by atoms with Crippen LogP contribution in [-0.2, 0) is 25.9 Å². The number of anilines is 2. The molecule has 31 heavy (non-hydrogen) atoms. The molecule has 1 aromatic carbocycles. The summed E-state index contributed by atoms with van der Waals surface area (Å²) in [6.45, 7) is 0.288. The minimum Gasteiger partial charge on any atom is -0.378 e. The average Bonchev–Trinajstić information content (AvgIpc) is 3.06. The maximum absolute atomic E-state index is 13.0. The van der Waals surface area contributed by atoms with Crippen molar-refractivity contribution in [1.82, 2.24) is 14.8 Å². The van der Waals surface area contributed by atoms with Gasteiger partial charge in [0.05, 0.1) is 23.0 Å². The van der Waals surface area contributed by atoms with E-state index in [2.05, 4.69) is 20.7 Å². The molecule has 3 aromatic rings. The minimum atomic E-state index is -5.02. The third-order valence-corrected chi connectivity index (χ3v) is 4.23. The van der Waals surface area contributed by atoms with Crippen LogP contribution < -0.4 is 10.6 Å². The van der Waals surface area contributed by atoms with Crippen molar-refractivity contribution in [3.8, 4) is 0 Å². The third kappa shape index (κ3) is 5.32. The molecule has 0 atom stereocenters. The number of amides is 1. The van der Waals surface area contributed by atoms with Crippen LogP contribution in [0.1, 0.15) is 27.2 Å². The number of benzene rings is 1. The molecule has 0 aliphatic carbocycles. The van der Waals surface area contributed by atoms with E-state index in [1.54, 1.807) is 24.5 Å². The Bertz CT molecular complexity index is 1040. The lowest BCUT2D eigenvalue weighted by molar-refractivity contribution is -0.143. The van der Waals surface area contributed by atoms with Crippen LogP contribution in [0.15, 0.2) is 48.9 Å². The second-order valence-electron chi connectivity index (χ2n) is 6.49. The number of rotatable bonds is 5. The molecule has 0 saturated carbocycles. The Morgan fingerprint density at radius 3 is 2.13 bits per heavy atom. The van der Waals surface area contributed by atoms with E-state index in [4.69, 9.17) is 0 Å². The Kier molecular flexibility index (Phi) is 5.91. The van der Waals surface area contributed by atoms with Crippen LogP contribution in [0.5, 0.6) is 0 Å². The maximum Gasteiger partial charge on any atom is 0.416 e. The normalized spacial score (nSPS) is 12.0. The van der Waals surface area contributed by atoms with E-state index < -0.39 is 35.1 Å². The maximum atomic E-state index is 13.0. The summed E-state index contributed by atoms with van der Waals surface area (Å²) in [6, 6.07) is 4.32. The fraction of sp³-hybridized carbons (Fsp3) is 0.211. The fourth-order valence-electron chi connectivity index (χ4n) is 2.75. The highest BCUT2D eigenvalue weighted by Crippen LogP contribution is 2.37. The molecule has 0 aliphatic rings. The molecule has 0 unspecified atom stereocenters. The number of carbonyl (C=O) groups excluding carboxylic acids is 1. The summed E-state index contributed by atoms with van der Waals surface area (Å²) in [7, 11) is 1.42. The zero-order valence-electron chi connectivity index (χ0n) is 15.8. The van der Waals surface area contributed by atoms with Crippen LogP contribution in [0.25, 0.3) is 0 Å². The topological polar surface area (TPSA) is 71.8 Å². The summed E-state index contributed by atoms with van der Waals surface area (Å²) in [5, 5.41) is 8.98. The molecule has 1 amide bonds. The van der Waals surface area contributed by atoms with Crippen LogP contribution in [0, 0.1) is 0 Å². The van der Waals surface area contributed by atoms with Gasteiger partial charge in [0.15, 0.2) is 0 Å². The van der Waals surface area contributed by atoms with E-state index in [-0.39, 0.29) is 24.0 Å². The molecular weight excluding hydrogens is 428 g/mol. The number of nitrogens with zero attached hydrogens (tertiary/aromatic N) is 3. The van der Waals surface area contributed by atoms with E-state index in [0.29, 0.717) is 12.1 Å². The van der Waals surface area contributed by atoms with Crippen molar-refractivity contribution in [2.45, 2.75) is 18.9 Å². The van der Waals surface area contributed by atoms with Gasteiger partial charge < -0.3 is 10.6 Å². The monoisotopic (exact) mass is 443 g/mol. The first-order valence-electron chi connectivity index (χ1n) is 8.71. The van der Waals surface area contributed by atoms with Crippen LogP contribution in [0.2, 0.25) is 0 Å². The average molecular weight is 443 g/mol. The van der Waals surface area contributed by atoms with Crippen LogP contribution >= 0.6 is 0 Å². The van der Waals surface area contributed by atoms with E-state index in [1.807, 2.05) is 0 Å². The van der Waals surface area contributed by atoms with Crippen molar-refractivity contribution in [1.29, 1.82) is 0 Å². The number of hydrogen-bond donors (Lipinski definition) is 2. The quantitative estimate of drug-likeness (QED) is 0.560. The second kappa shape index (κ2) is 8.28. The SMILES string of the molecule is Cn1ncc(NCc2ccncc2)c1C(=O)Nc1cc(C(F)(F)F)cc(C(F)(F)F)c1. The zero-order valence-corrected chi connectivity index (χ0v) is 15.8. The molecule has 3 rings (SSSR count). The summed E-state index contributed by atoms with van der Waals surface area (Å²) in [6.07, 6.45) is -5.59. The Hall–Kier alpha value is -3.57. The van der Waals surface area contributed by atoms with E-state index >= 15 is 0 Å². The molecule has 2 heterocycles. The lowest BCUT2D eigenvalue weighted by Crippen LogP contribution is -2.19. The number of aromatic nitrogens is 3. The highest BCUT2D eigenvalue weighted by molar-refractivity contribution is 6.06. The first-order valence-corrected chi connectivity index (χ1v) is 8.71. The Balaban J connectivity index is 1.87. The predicted octanol–water partition coefficient (Wildman–Crippen LogP) is 4.72. The van der Waals surface area contributed by atoms with Gasteiger partial charge in [0.25, 0.3) is 5.91 Å². The largest absolute Gasteiger partial charge is 0.416 e. The summed E-state index contributed by atoms with van der Waals surface area (Å²) in [5.74, 6) is -0.926. The van der Waals surface area contributed by atoms with Gasteiger partial charge in [0.2, 0.25) is 0 Å². The van der Waals surface area contributed by atoms with Gasteiger partial charge in [-0.25, -0.2) is 0 Å². The van der Waals surface area contributed by atoms with Crippen molar-refractivity contribution in [2.24, 2.45) is 7.05 Å². The van der Waals surface area contributed by atoms with E-state index in [0.717, 1.165) is 10.2 Å². The third-order valence-electron chi connectivity index (χ3n) is 4.23. The number of nitrogens with one attached hydrogen (secondary N) is 2. The van der Waals surface area contributed by atoms with Crippen LogP contribution in [-0.4, -0.2) is 20.7 Å². The van der Waals surface area contributed by atoms with Gasteiger partial charge in [0.1, 0.15) is 5.69 Å². The molecule has 0 bridgehead atoms. The zero-order chi connectivity index (χ0) is 22.8. The van der Waals surface area contributed by atoms with Gasteiger partial charge in [-0.15, -0.1) is 0 Å². The minimum absolute atomic E-state index is 0.0125. The van der Waals surface area contributed by atoms with Gasteiger partial charge in [-0.1, -0.05) is 0 Å². The molecule has 0 saturated heterocycles. The van der Waals surface area contributed by atoms with Crippen molar-refractivity contribution >= 4 is 17.3 Å². The van der Waals surface area contributed by atoms with Crippen molar-refractivity contribution in [3.63, 3.8) is 0 Å². The first kappa shape index (κ1) is 22.1. The highest BCUT2D eigenvalue weighted by Gasteiger charge is 2.37. The van der Waals surface area contributed by atoms with Crippen molar-refractivity contribution in [2.75, 3.05) is 10.6 Å². The number of hydrogen-bond acceptors (Lipinski definition) is 4. The van der Waals surface area contributed by atoms with Gasteiger partial charge in [-0.05, 0) is 35.9 Å². The molecule has 2 aromatic heterocycles. The van der Waals surface area contributed by atoms with E-state index in [1.165, 1.54) is 13.2 Å². The summed E-state index contributed by atoms with van der Waals surface area (Å²) >= 11 is 0. The van der Waals surface area contributed by atoms with Crippen molar-refractivity contribution in [3.05, 3.63) is 71.3 Å². The predicted molar refractivity (Wildman–Crippen MR) is 99.2 cm³/mol. The summed E-state index contributed by atoms with van der Waals surface area (Å²) in [5.41, 5.74) is -2.69. The Morgan fingerprint density at radius 1 is 1.00 bits per heavy atom. The molecule has 2 N–H and O–H groups in total. The standard InChI is InChI=1S/C19H15F6N5O/c1-30-16(15(10-28-30)27-9-11-2-4-26-5-3-11)17(31)29-14-7-12(18(20,21)22)6-13(8-14)19(23,24)25/h2-8,10,27H,9H2,1H3,(H,29,31). The molecule has 0 aliphatic heterocycles. The second-order valence-corrected chi connectivity index (χ2v) is 6.49. The molecule has 12 heteroatoms. The number of aryl methyl sites for hydroxylation is 1. The number of halogens is 6. The molecule has 0 radical (unpaired) electrons. The van der Waals surface area contributed by atoms with Gasteiger partial charge >= 0.3 is 12.4 Å². The van der Waals surface area contributed by atoms with Gasteiger partial charge in [-0.3, -0.25) is 14.5 Å². The number of carbonyl (C=O) groups is 1. The molecule has 0 spiro atoms. The lowest BCUT2D eigenvalue weighted by Gasteiger charge is -2.15. The molecule has 0 fully saturated rings. The molecule has 6 nitrogen and oxygen atoms in total. The molecular formula is C19H15F6N5O. The van der Waals surface area contributed by atoms with Crippen LogP contribution in [0.3, 0.4) is 0 Å². The Morgan fingerprint density at radius 2 is 1.58 bits per heavy atom. The Labute approximate surface area is 171 Å². The highest BCUT2D eigenvalue weighted by atomic mass is 19.4. The summed E-state index contributed by atoms with van der Waals surface area (Å²) < 4.78 is 79.3. The van der Waals surface area contributed by atoms with Crippen LogP contribution in [0.4, 0.5) is 37.7 Å². The first-order chi connectivity index (χ1) is 14.4. The molecule has 164 valence electrons.